The number of hydrogen-bond donors (Lipinski definition) is 3. The second-order valence-corrected chi connectivity index (χ2v) is 7.74. The molecule has 12 heteroatoms. The van der Waals surface area contributed by atoms with E-state index in [0.717, 1.165) is 30.3 Å². The fourth-order valence-electron chi connectivity index (χ4n) is 2.60. The van der Waals surface area contributed by atoms with Gasteiger partial charge in [0.1, 0.15) is 11.4 Å². The number of nitrogen functional groups attached to an aromatic ring is 1. The van der Waals surface area contributed by atoms with Gasteiger partial charge in [-0.15, -0.1) is 10.2 Å². The summed E-state index contributed by atoms with van der Waals surface area (Å²) in [6.45, 7) is 0. The molecule has 0 aromatic heterocycles. The standard InChI is InChI=1S/C17H11ClF3N3O4S/c18-9-2-3-11(17(19,20)21)13(6-9)23-24-16-12(22)4-1-8-5-10(29(26,27)28)7-14(25)15(8)16/h1-7,25H,22H2,(H,26,27,28)/b24-23+. The summed E-state index contributed by atoms with van der Waals surface area (Å²) in [5.41, 5.74) is 3.94. The zero-order valence-corrected chi connectivity index (χ0v) is 15.7. The van der Waals surface area contributed by atoms with Crippen molar-refractivity contribution in [2.45, 2.75) is 11.1 Å². The molecule has 0 aliphatic rings. The van der Waals surface area contributed by atoms with Gasteiger partial charge in [-0.1, -0.05) is 17.7 Å². The molecular weight excluding hydrogens is 435 g/mol. The molecule has 0 saturated heterocycles. The number of alkyl halides is 3. The Morgan fingerprint density at radius 3 is 2.34 bits per heavy atom. The smallest absolute Gasteiger partial charge is 0.418 e. The molecule has 3 aromatic rings. The topological polar surface area (TPSA) is 125 Å². The maximum atomic E-state index is 13.2. The molecule has 4 N–H and O–H groups in total. The largest absolute Gasteiger partial charge is 0.507 e. The van der Waals surface area contributed by atoms with E-state index in [4.69, 9.17) is 21.9 Å². The average Bonchev–Trinajstić information content (AvgIpc) is 2.59. The second-order valence-electron chi connectivity index (χ2n) is 5.88. The van der Waals surface area contributed by atoms with E-state index in [1.807, 2.05) is 0 Å². The Morgan fingerprint density at radius 2 is 1.72 bits per heavy atom. The maximum Gasteiger partial charge on any atom is 0.418 e. The van der Waals surface area contributed by atoms with Crippen LogP contribution < -0.4 is 5.73 Å². The predicted molar refractivity (Wildman–Crippen MR) is 100 cm³/mol. The van der Waals surface area contributed by atoms with Crippen LogP contribution in [0.4, 0.5) is 30.2 Å². The van der Waals surface area contributed by atoms with Crippen molar-refractivity contribution in [1.29, 1.82) is 0 Å². The number of nitrogens with zero attached hydrogens (tertiary/aromatic N) is 2. The molecule has 0 spiro atoms. The van der Waals surface area contributed by atoms with Crippen LogP contribution in [-0.2, 0) is 16.3 Å². The number of phenols is 1. The molecule has 0 unspecified atom stereocenters. The summed E-state index contributed by atoms with van der Waals surface area (Å²) in [5.74, 6) is -0.612. The van der Waals surface area contributed by atoms with E-state index >= 15 is 0 Å². The summed E-state index contributed by atoms with van der Waals surface area (Å²) in [6.07, 6.45) is -4.71. The normalized spacial score (nSPS) is 12.7. The number of azo groups is 1. The number of hydrogen-bond acceptors (Lipinski definition) is 6. The number of anilines is 1. The summed E-state index contributed by atoms with van der Waals surface area (Å²) in [4.78, 5) is -0.579. The first-order valence-electron chi connectivity index (χ1n) is 7.69. The van der Waals surface area contributed by atoms with Crippen molar-refractivity contribution in [2.75, 3.05) is 5.73 Å². The minimum atomic E-state index is -4.71. The molecule has 0 aliphatic carbocycles. The Morgan fingerprint density at radius 1 is 1.03 bits per heavy atom. The van der Waals surface area contributed by atoms with Crippen LogP contribution >= 0.6 is 11.6 Å². The number of nitrogens with two attached hydrogens (primary N) is 1. The lowest BCUT2D eigenvalue weighted by atomic mass is 10.1. The molecule has 0 atom stereocenters. The lowest BCUT2D eigenvalue weighted by molar-refractivity contribution is -0.137. The molecule has 3 rings (SSSR count). The van der Waals surface area contributed by atoms with Gasteiger partial charge in [-0.05, 0) is 35.7 Å². The first-order valence-corrected chi connectivity index (χ1v) is 9.51. The Hall–Kier alpha value is -2.89. The van der Waals surface area contributed by atoms with E-state index in [1.54, 1.807) is 0 Å². The lowest BCUT2D eigenvalue weighted by Gasteiger charge is -2.11. The Labute approximate surface area is 167 Å². The Kier molecular flexibility index (Phi) is 5.15. The average molecular weight is 446 g/mol. The van der Waals surface area contributed by atoms with Gasteiger partial charge in [-0.3, -0.25) is 4.55 Å². The van der Waals surface area contributed by atoms with E-state index in [9.17, 15) is 26.7 Å². The van der Waals surface area contributed by atoms with E-state index in [2.05, 4.69) is 10.2 Å². The molecule has 0 fully saturated rings. The fraction of sp³-hybridized carbons (Fsp3) is 0.0588. The van der Waals surface area contributed by atoms with Gasteiger partial charge in [0.15, 0.2) is 0 Å². The van der Waals surface area contributed by atoms with Crippen LogP contribution in [0.15, 0.2) is 57.6 Å². The highest BCUT2D eigenvalue weighted by Crippen LogP contribution is 2.42. The van der Waals surface area contributed by atoms with Gasteiger partial charge in [0.05, 0.1) is 27.2 Å². The van der Waals surface area contributed by atoms with Crippen molar-refractivity contribution < 1.29 is 31.2 Å². The van der Waals surface area contributed by atoms with Crippen LogP contribution in [0.2, 0.25) is 5.02 Å². The van der Waals surface area contributed by atoms with Gasteiger partial charge < -0.3 is 10.8 Å². The quantitative estimate of drug-likeness (QED) is 0.280. The second kappa shape index (κ2) is 7.17. The third-order valence-corrected chi connectivity index (χ3v) is 4.96. The summed E-state index contributed by atoms with van der Waals surface area (Å²) in [7, 11) is -4.61. The van der Waals surface area contributed by atoms with Crippen LogP contribution in [0, 0.1) is 0 Å². The Bertz CT molecular complexity index is 1260. The summed E-state index contributed by atoms with van der Waals surface area (Å²) < 4.78 is 71.3. The van der Waals surface area contributed by atoms with Gasteiger partial charge in [-0.25, -0.2) is 0 Å². The zero-order chi connectivity index (χ0) is 21.6. The number of halogens is 4. The van der Waals surface area contributed by atoms with Crippen LogP contribution in [-0.4, -0.2) is 18.1 Å². The molecule has 0 radical (unpaired) electrons. The van der Waals surface area contributed by atoms with Gasteiger partial charge in [0.25, 0.3) is 10.1 Å². The molecule has 0 saturated carbocycles. The SMILES string of the molecule is Nc1ccc2cc(S(=O)(=O)O)cc(O)c2c1/N=N/c1cc(Cl)ccc1C(F)(F)F. The third-order valence-electron chi connectivity index (χ3n) is 3.90. The minimum Gasteiger partial charge on any atom is -0.507 e. The molecule has 0 aliphatic heterocycles. The Balaban J connectivity index is 2.22. The molecule has 0 heterocycles. The van der Waals surface area contributed by atoms with Crippen molar-refractivity contribution >= 4 is 49.6 Å². The predicted octanol–water partition coefficient (Wildman–Crippen LogP) is 5.46. The van der Waals surface area contributed by atoms with Crippen LogP contribution in [0.3, 0.4) is 0 Å². The van der Waals surface area contributed by atoms with E-state index in [1.165, 1.54) is 12.1 Å². The number of aromatic hydroxyl groups is 1. The monoisotopic (exact) mass is 445 g/mol. The number of phenolic OH excluding ortho intramolecular Hbond substituents is 1. The highest BCUT2D eigenvalue weighted by atomic mass is 35.5. The van der Waals surface area contributed by atoms with E-state index < -0.39 is 38.2 Å². The van der Waals surface area contributed by atoms with E-state index in [0.29, 0.717) is 0 Å². The fourth-order valence-corrected chi connectivity index (χ4v) is 3.30. The molecule has 3 aromatic carbocycles. The van der Waals surface area contributed by atoms with Crippen molar-refractivity contribution in [2.24, 2.45) is 10.2 Å². The number of benzene rings is 3. The van der Waals surface area contributed by atoms with E-state index in [-0.39, 0.29) is 27.2 Å². The highest BCUT2D eigenvalue weighted by Gasteiger charge is 2.33. The van der Waals surface area contributed by atoms with Gasteiger partial charge >= 0.3 is 6.18 Å². The van der Waals surface area contributed by atoms with Crippen molar-refractivity contribution in [3.63, 3.8) is 0 Å². The van der Waals surface area contributed by atoms with Crippen LogP contribution in [0.1, 0.15) is 5.56 Å². The van der Waals surface area contributed by atoms with Crippen LogP contribution in [0.5, 0.6) is 5.75 Å². The first-order chi connectivity index (χ1) is 13.4. The van der Waals surface area contributed by atoms with Gasteiger partial charge in [-0.2, -0.15) is 21.6 Å². The van der Waals surface area contributed by atoms with Gasteiger partial charge in [0.2, 0.25) is 0 Å². The highest BCUT2D eigenvalue weighted by molar-refractivity contribution is 7.85. The summed E-state index contributed by atoms with van der Waals surface area (Å²) >= 11 is 5.75. The molecule has 0 bridgehead atoms. The molecule has 152 valence electrons. The van der Waals surface area contributed by atoms with Crippen molar-refractivity contribution in [1.82, 2.24) is 0 Å². The van der Waals surface area contributed by atoms with Crippen molar-refractivity contribution in [3.8, 4) is 5.75 Å². The lowest BCUT2D eigenvalue weighted by Crippen LogP contribution is -2.04. The number of fused-ring (bicyclic) bond motifs is 1. The zero-order valence-electron chi connectivity index (χ0n) is 14.1. The summed E-state index contributed by atoms with van der Waals surface area (Å²) in [6, 6.07) is 7.22. The third kappa shape index (κ3) is 4.26. The first kappa shape index (κ1) is 20.8. The molecule has 0 amide bonds. The maximum absolute atomic E-state index is 13.2. The van der Waals surface area contributed by atoms with Gasteiger partial charge in [0, 0.05) is 11.1 Å². The number of rotatable bonds is 3. The summed E-state index contributed by atoms with van der Waals surface area (Å²) in [5, 5.41) is 17.6. The minimum absolute atomic E-state index is 0.00140. The molecule has 29 heavy (non-hydrogen) atoms. The van der Waals surface area contributed by atoms with Crippen LogP contribution in [0.25, 0.3) is 10.8 Å². The van der Waals surface area contributed by atoms with Crippen molar-refractivity contribution in [3.05, 3.63) is 53.1 Å². The molecule has 7 nitrogen and oxygen atoms in total. The molecular formula is C17H11ClF3N3O4S.